The fourth-order valence-electron chi connectivity index (χ4n) is 2.62. The summed E-state index contributed by atoms with van der Waals surface area (Å²) in [7, 11) is -3.42. The van der Waals surface area contributed by atoms with E-state index in [-0.39, 0.29) is 6.04 Å². The topological polar surface area (TPSA) is 63.4 Å². The molecule has 21 heavy (non-hydrogen) atoms. The molecular formula is C15H17BrN2O2S. The molecular weight excluding hydrogens is 352 g/mol. The van der Waals surface area contributed by atoms with E-state index < -0.39 is 10.0 Å². The van der Waals surface area contributed by atoms with Crippen molar-refractivity contribution in [2.45, 2.75) is 23.8 Å². The maximum absolute atomic E-state index is 12.7. The van der Waals surface area contributed by atoms with Gasteiger partial charge in [0, 0.05) is 23.6 Å². The fraction of sp³-hybridized carbons (Fsp3) is 0.333. The highest BCUT2D eigenvalue weighted by molar-refractivity contribution is 9.10. The van der Waals surface area contributed by atoms with Crippen molar-refractivity contribution in [2.24, 2.45) is 5.73 Å². The summed E-state index contributed by atoms with van der Waals surface area (Å²) in [5, 5.41) is 1.94. The third-order valence-electron chi connectivity index (χ3n) is 3.91. The number of hydrogen-bond donors (Lipinski definition) is 1. The first-order valence-electron chi connectivity index (χ1n) is 6.92. The van der Waals surface area contributed by atoms with Crippen LogP contribution in [0.3, 0.4) is 0 Å². The van der Waals surface area contributed by atoms with Crippen LogP contribution in [0.4, 0.5) is 0 Å². The van der Waals surface area contributed by atoms with Gasteiger partial charge in [0.2, 0.25) is 10.0 Å². The third kappa shape index (κ3) is 2.99. The first-order chi connectivity index (χ1) is 9.96. The number of nitrogens with two attached hydrogens (primary N) is 1. The summed E-state index contributed by atoms with van der Waals surface area (Å²) >= 11 is 3.42. The molecule has 1 aliphatic heterocycles. The molecule has 6 heteroatoms. The molecule has 2 N–H and O–H groups in total. The van der Waals surface area contributed by atoms with Gasteiger partial charge in [0.05, 0.1) is 4.90 Å². The second-order valence-corrected chi connectivity index (χ2v) is 8.25. The average molecular weight is 369 g/mol. The maximum Gasteiger partial charge on any atom is 0.243 e. The highest BCUT2D eigenvalue weighted by Gasteiger charge is 2.28. The monoisotopic (exact) mass is 368 g/mol. The van der Waals surface area contributed by atoms with Crippen molar-refractivity contribution < 1.29 is 8.42 Å². The van der Waals surface area contributed by atoms with Gasteiger partial charge in [0.15, 0.2) is 0 Å². The zero-order valence-corrected chi connectivity index (χ0v) is 13.9. The molecule has 2 aromatic rings. The molecule has 4 nitrogen and oxygen atoms in total. The van der Waals surface area contributed by atoms with E-state index >= 15 is 0 Å². The number of hydrogen-bond acceptors (Lipinski definition) is 3. The molecule has 2 aromatic carbocycles. The van der Waals surface area contributed by atoms with E-state index in [4.69, 9.17) is 5.73 Å². The highest BCUT2D eigenvalue weighted by atomic mass is 79.9. The van der Waals surface area contributed by atoms with Crippen molar-refractivity contribution >= 4 is 36.7 Å². The largest absolute Gasteiger partial charge is 0.328 e. The van der Waals surface area contributed by atoms with Gasteiger partial charge in [-0.05, 0) is 47.9 Å². The molecule has 1 saturated heterocycles. The van der Waals surface area contributed by atoms with Crippen molar-refractivity contribution in [1.82, 2.24) is 4.31 Å². The number of halogens is 1. The van der Waals surface area contributed by atoms with Crippen molar-refractivity contribution in [1.29, 1.82) is 0 Å². The number of piperidine rings is 1. The Morgan fingerprint density at radius 3 is 2.38 bits per heavy atom. The first-order valence-corrected chi connectivity index (χ1v) is 9.15. The summed E-state index contributed by atoms with van der Waals surface area (Å²) < 4.78 is 27.9. The van der Waals surface area contributed by atoms with E-state index in [9.17, 15) is 8.42 Å². The Labute approximate surface area is 133 Å². The Balaban J connectivity index is 1.97. The fourth-order valence-corrected chi connectivity index (χ4v) is 4.50. The second-order valence-electron chi connectivity index (χ2n) is 5.39. The van der Waals surface area contributed by atoms with Gasteiger partial charge < -0.3 is 5.73 Å². The number of sulfonamides is 1. The molecule has 1 fully saturated rings. The molecule has 0 atom stereocenters. The summed E-state index contributed by atoms with van der Waals surface area (Å²) in [5.74, 6) is 0. The van der Waals surface area contributed by atoms with Gasteiger partial charge in [0.25, 0.3) is 0 Å². The quantitative estimate of drug-likeness (QED) is 0.886. The van der Waals surface area contributed by atoms with Gasteiger partial charge in [-0.1, -0.05) is 28.1 Å². The van der Waals surface area contributed by atoms with Crippen molar-refractivity contribution in [2.75, 3.05) is 13.1 Å². The van der Waals surface area contributed by atoms with Crippen molar-refractivity contribution in [3.8, 4) is 0 Å². The molecule has 0 aliphatic carbocycles. The van der Waals surface area contributed by atoms with Gasteiger partial charge in [-0.2, -0.15) is 4.31 Å². The van der Waals surface area contributed by atoms with Crippen LogP contribution in [0.2, 0.25) is 0 Å². The summed E-state index contributed by atoms with van der Waals surface area (Å²) in [6.07, 6.45) is 1.44. The van der Waals surface area contributed by atoms with E-state index in [1.165, 1.54) is 4.31 Å². The Morgan fingerprint density at radius 1 is 1.05 bits per heavy atom. The molecule has 0 unspecified atom stereocenters. The molecule has 0 radical (unpaired) electrons. The second kappa shape index (κ2) is 5.68. The van der Waals surface area contributed by atoms with E-state index in [1.807, 2.05) is 24.3 Å². The van der Waals surface area contributed by atoms with Crippen LogP contribution < -0.4 is 5.73 Å². The van der Waals surface area contributed by atoms with Crippen LogP contribution in [0.25, 0.3) is 10.8 Å². The Hall–Kier alpha value is -0.950. The smallest absolute Gasteiger partial charge is 0.243 e. The number of rotatable bonds is 2. The maximum atomic E-state index is 12.7. The lowest BCUT2D eigenvalue weighted by atomic mass is 10.1. The van der Waals surface area contributed by atoms with Gasteiger partial charge in [-0.15, -0.1) is 0 Å². The lowest BCUT2D eigenvalue weighted by Crippen LogP contribution is -2.42. The van der Waals surface area contributed by atoms with Crippen molar-refractivity contribution in [3.63, 3.8) is 0 Å². The van der Waals surface area contributed by atoms with Crippen LogP contribution in [0, 0.1) is 0 Å². The van der Waals surface area contributed by atoms with Crippen LogP contribution in [0.15, 0.2) is 45.8 Å². The van der Waals surface area contributed by atoms with Crippen LogP contribution in [-0.2, 0) is 10.0 Å². The summed E-state index contributed by atoms with van der Waals surface area (Å²) in [6, 6.07) is 11.2. The van der Waals surface area contributed by atoms with Crippen LogP contribution in [-0.4, -0.2) is 31.9 Å². The van der Waals surface area contributed by atoms with E-state index in [1.54, 1.807) is 12.1 Å². The molecule has 0 saturated carbocycles. The third-order valence-corrected chi connectivity index (χ3v) is 6.30. The Morgan fingerprint density at radius 2 is 1.67 bits per heavy atom. The Kier molecular flexibility index (Phi) is 4.05. The molecule has 1 aliphatic rings. The van der Waals surface area contributed by atoms with Crippen LogP contribution in [0.5, 0.6) is 0 Å². The molecule has 0 bridgehead atoms. The normalized spacial score (nSPS) is 18.2. The summed E-state index contributed by atoms with van der Waals surface area (Å²) in [4.78, 5) is 0.354. The zero-order chi connectivity index (χ0) is 15.0. The van der Waals surface area contributed by atoms with Gasteiger partial charge in [0.1, 0.15) is 0 Å². The minimum Gasteiger partial charge on any atom is -0.328 e. The van der Waals surface area contributed by atoms with Gasteiger partial charge in [-0.3, -0.25) is 0 Å². The van der Waals surface area contributed by atoms with E-state index in [2.05, 4.69) is 15.9 Å². The summed E-state index contributed by atoms with van der Waals surface area (Å²) in [6.45, 7) is 1.00. The van der Waals surface area contributed by atoms with E-state index in [0.29, 0.717) is 18.0 Å². The molecule has 112 valence electrons. The first kappa shape index (κ1) is 15.0. The number of nitrogens with zero attached hydrogens (tertiary/aromatic N) is 1. The molecule has 3 rings (SSSR count). The van der Waals surface area contributed by atoms with Gasteiger partial charge >= 0.3 is 0 Å². The molecule has 1 heterocycles. The highest BCUT2D eigenvalue weighted by Crippen LogP contribution is 2.26. The van der Waals surface area contributed by atoms with E-state index in [0.717, 1.165) is 28.1 Å². The predicted octanol–water partition coefficient (Wildman–Crippen LogP) is 2.71. The molecule has 0 amide bonds. The zero-order valence-electron chi connectivity index (χ0n) is 11.5. The van der Waals surface area contributed by atoms with Crippen LogP contribution in [0.1, 0.15) is 12.8 Å². The minimum absolute atomic E-state index is 0.116. The summed E-state index contributed by atoms with van der Waals surface area (Å²) in [5.41, 5.74) is 5.84. The lowest BCUT2D eigenvalue weighted by Gasteiger charge is -2.29. The van der Waals surface area contributed by atoms with Crippen LogP contribution >= 0.6 is 15.9 Å². The number of benzene rings is 2. The minimum atomic E-state index is -3.42. The van der Waals surface area contributed by atoms with Crippen molar-refractivity contribution in [3.05, 3.63) is 40.9 Å². The number of fused-ring (bicyclic) bond motifs is 1. The Bertz CT molecular complexity index is 768. The SMILES string of the molecule is NC1CCN(S(=O)(=O)c2ccc3cc(Br)ccc3c2)CC1. The average Bonchev–Trinajstić information content (AvgIpc) is 2.47. The van der Waals surface area contributed by atoms with Gasteiger partial charge in [-0.25, -0.2) is 8.42 Å². The lowest BCUT2D eigenvalue weighted by molar-refractivity contribution is 0.320. The standard InChI is InChI=1S/C15H17BrN2O2S/c16-13-3-1-12-10-15(4-2-11(12)9-13)21(19,20)18-7-5-14(17)6-8-18/h1-4,9-10,14H,5-8,17H2. The molecule has 0 aromatic heterocycles. The predicted molar refractivity (Wildman–Crippen MR) is 87.6 cm³/mol. The molecule has 0 spiro atoms.